The van der Waals surface area contributed by atoms with Gasteiger partial charge in [-0.05, 0) is 37.3 Å². The van der Waals surface area contributed by atoms with Crippen molar-refractivity contribution in [3.05, 3.63) is 57.8 Å². The molecule has 0 radical (unpaired) electrons. The van der Waals surface area contributed by atoms with E-state index in [0.717, 1.165) is 0 Å². The molecule has 0 aliphatic rings. The quantitative estimate of drug-likeness (QED) is 0.663. The van der Waals surface area contributed by atoms with Crippen LogP contribution in [0.1, 0.15) is 22.8 Å². The Labute approximate surface area is 148 Å². The Morgan fingerprint density at radius 2 is 1.96 bits per heavy atom. The van der Waals surface area contributed by atoms with E-state index in [9.17, 15) is 9.59 Å². The highest BCUT2D eigenvalue weighted by Crippen LogP contribution is 2.20. The van der Waals surface area contributed by atoms with E-state index < -0.39 is 18.0 Å². The first-order chi connectivity index (χ1) is 11.4. The van der Waals surface area contributed by atoms with Crippen LogP contribution in [0.3, 0.4) is 0 Å². The largest absolute Gasteiger partial charge is 0.449 e. The predicted molar refractivity (Wildman–Crippen MR) is 88.9 cm³/mol. The lowest BCUT2D eigenvalue weighted by molar-refractivity contribution is -0.123. The van der Waals surface area contributed by atoms with Gasteiger partial charge in [-0.25, -0.2) is 9.78 Å². The van der Waals surface area contributed by atoms with Crippen LogP contribution in [0.15, 0.2) is 36.5 Å². The van der Waals surface area contributed by atoms with E-state index in [2.05, 4.69) is 10.3 Å². The van der Waals surface area contributed by atoms with Gasteiger partial charge in [0.2, 0.25) is 0 Å². The number of amides is 1. The Morgan fingerprint density at radius 1 is 1.29 bits per heavy atom. The summed E-state index contributed by atoms with van der Waals surface area (Å²) in [6.45, 7) is 1.43. The van der Waals surface area contributed by atoms with Crippen molar-refractivity contribution >= 4 is 40.8 Å². The minimum absolute atomic E-state index is 0.0693. The second-order valence-corrected chi connectivity index (χ2v) is 5.49. The van der Waals surface area contributed by atoms with E-state index in [0.29, 0.717) is 11.3 Å². The lowest BCUT2D eigenvalue weighted by Gasteiger charge is -2.13. The number of aromatic nitrogens is 1. The summed E-state index contributed by atoms with van der Waals surface area (Å²) in [6.07, 6.45) is 0.171. The molecule has 6 nitrogen and oxygen atoms in total. The van der Waals surface area contributed by atoms with Gasteiger partial charge in [-0.2, -0.15) is 5.26 Å². The van der Waals surface area contributed by atoms with Crippen LogP contribution in [-0.4, -0.2) is 23.0 Å². The van der Waals surface area contributed by atoms with Crippen molar-refractivity contribution in [3.8, 4) is 6.07 Å². The molecule has 1 N–H and O–H groups in total. The van der Waals surface area contributed by atoms with Crippen molar-refractivity contribution in [2.45, 2.75) is 13.0 Å². The average molecular weight is 364 g/mol. The van der Waals surface area contributed by atoms with Gasteiger partial charge < -0.3 is 10.1 Å². The molecule has 0 aliphatic heterocycles. The third-order valence-electron chi connectivity index (χ3n) is 2.97. The van der Waals surface area contributed by atoms with Crippen LogP contribution in [0.4, 0.5) is 5.69 Å². The zero-order chi connectivity index (χ0) is 17.7. The monoisotopic (exact) mass is 363 g/mol. The summed E-state index contributed by atoms with van der Waals surface area (Å²) < 4.78 is 5.07. The van der Waals surface area contributed by atoms with Gasteiger partial charge in [0.05, 0.1) is 22.2 Å². The molecule has 0 saturated carbocycles. The van der Waals surface area contributed by atoms with Gasteiger partial charge in [-0.15, -0.1) is 0 Å². The third-order valence-corrected chi connectivity index (χ3v) is 3.65. The molecule has 0 bridgehead atoms. The summed E-state index contributed by atoms with van der Waals surface area (Å²) in [7, 11) is 0. The molecular formula is C16H11Cl2N3O3. The van der Waals surface area contributed by atoms with E-state index in [1.54, 1.807) is 24.3 Å². The number of halogens is 2. The Morgan fingerprint density at radius 3 is 2.54 bits per heavy atom. The SMILES string of the molecule is C[C@H](OC(=O)c1cnc(Cl)c(Cl)c1)C(=O)Nc1ccc(C#N)cc1. The normalized spacial score (nSPS) is 11.2. The van der Waals surface area contributed by atoms with Gasteiger partial charge in [0.15, 0.2) is 6.10 Å². The second kappa shape index (κ2) is 7.77. The highest BCUT2D eigenvalue weighted by molar-refractivity contribution is 6.41. The van der Waals surface area contributed by atoms with E-state index in [1.807, 2.05) is 6.07 Å². The van der Waals surface area contributed by atoms with Gasteiger partial charge in [0.1, 0.15) is 5.15 Å². The van der Waals surface area contributed by atoms with E-state index >= 15 is 0 Å². The molecule has 0 spiro atoms. The number of hydrogen-bond donors (Lipinski definition) is 1. The van der Waals surface area contributed by atoms with Gasteiger partial charge in [-0.3, -0.25) is 4.79 Å². The van der Waals surface area contributed by atoms with Crippen LogP contribution in [0.2, 0.25) is 10.2 Å². The number of pyridine rings is 1. The lowest BCUT2D eigenvalue weighted by Crippen LogP contribution is -2.30. The molecule has 2 aromatic rings. The molecule has 1 aromatic carbocycles. The van der Waals surface area contributed by atoms with Crippen LogP contribution < -0.4 is 5.32 Å². The first-order valence-corrected chi connectivity index (χ1v) is 7.49. The van der Waals surface area contributed by atoms with E-state index in [1.165, 1.54) is 19.2 Å². The average Bonchev–Trinajstić information content (AvgIpc) is 2.57. The fourth-order valence-electron chi connectivity index (χ4n) is 1.69. The minimum atomic E-state index is -1.04. The molecule has 0 aliphatic carbocycles. The van der Waals surface area contributed by atoms with Crippen molar-refractivity contribution in [1.29, 1.82) is 5.26 Å². The Kier molecular flexibility index (Phi) is 5.74. The van der Waals surface area contributed by atoms with Gasteiger partial charge in [0, 0.05) is 11.9 Å². The molecule has 8 heteroatoms. The van der Waals surface area contributed by atoms with Crippen LogP contribution in [0, 0.1) is 11.3 Å². The maximum absolute atomic E-state index is 12.0. The standard InChI is InChI=1S/C16H11Cl2N3O3/c1-9(15(22)21-12-4-2-10(7-19)3-5-12)24-16(23)11-6-13(17)14(18)20-8-11/h2-6,8-9H,1H3,(H,21,22)/t9-/m0/s1. The number of carbonyl (C=O) groups excluding carboxylic acids is 2. The lowest BCUT2D eigenvalue weighted by atomic mass is 10.2. The summed E-state index contributed by atoms with van der Waals surface area (Å²) in [5.41, 5.74) is 1.04. The van der Waals surface area contributed by atoms with Crippen molar-refractivity contribution in [1.82, 2.24) is 4.98 Å². The molecule has 1 amide bonds. The number of nitrogens with one attached hydrogen (secondary N) is 1. The van der Waals surface area contributed by atoms with Gasteiger partial charge >= 0.3 is 5.97 Å². The van der Waals surface area contributed by atoms with Crippen LogP contribution in [0.25, 0.3) is 0 Å². The molecule has 2 rings (SSSR count). The number of carbonyl (C=O) groups is 2. The maximum atomic E-state index is 12.0. The van der Waals surface area contributed by atoms with E-state index in [4.69, 9.17) is 33.2 Å². The first kappa shape index (κ1) is 17.7. The third kappa shape index (κ3) is 4.44. The van der Waals surface area contributed by atoms with Crippen LogP contribution >= 0.6 is 23.2 Å². The number of hydrogen-bond acceptors (Lipinski definition) is 5. The first-order valence-electron chi connectivity index (χ1n) is 6.73. The summed E-state index contributed by atoms with van der Waals surface area (Å²) in [4.78, 5) is 27.8. The molecule has 122 valence electrons. The Bertz CT molecular complexity index is 816. The van der Waals surface area contributed by atoms with Gasteiger partial charge in [0.25, 0.3) is 5.91 Å². The smallest absolute Gasteiger partial charge is 0.340 e. The molecular weight excluding hydrogens is 353 g/mol. The minimum Gasteiger partial charge on any atom is -0.449 e. The Hall–Kier alpha value is -2.62. The number of nitrogens with zero attached hydrogens (tertiary/aromatic N) is 2. The number of nitriles is 1. The zero-order valence-corrected chi connectivity index (χ0v) is 13.9. The van der Waals surface area contributed by atoms with Crippen molar-refractivity contribution < 1.29 is 14.3 Å². The number of rotatable bonds is 4. The van der Waals surface area contributed by atoms with Crippen LogP contribution in [0.5, 0.6) is 0 Å². The molecule has 0 saturated heterocycles. The number of esters is 1. The maximum Gasteiger partial charge on any atom is 0.340 e. The zero-order valence-electron chi connectivity index (χ0n) is 12.4. The summed E-state index contributed by atoms with van der Waals surface area (Å²) in [6, 6.07) is 9.57. The summed E-state index contributed by atoms with van der Waals surface area (Å²) >= 11 is 11.5. The molecule has 24 heavy (non-hydrogen) atoms. The van der Waals surface area contributed by atoms with Crippen molar-refractivity contribution in [2.75, 3.05) is 5.32 Å². The van der Waals surface area contributed by atoms with Crippen molar-refractivity contribution in [2.24, 2.45) is 0 Å². The molecule has 0 fully saturated rings. The van der Waals surface area contributed by atoms with Crippen LogP contribution in [-0.2, 0) is 9.53 Å². The summed E-state index contributed by atoms with van der Waals surface area (Å²) in [5, 5.41) is 11.5. The number of benzene rings is 1. The van der Waals surface area contributed by atoms with E-state index in [-0.39, 0.29) is 15.7 Å². The molecule has 1 aromatic heterocycles. The fraction of sp³-hybridized carbons (Fsp3) is 0.125. The van der Waals surface area contributed by atoms with Crippen molar-refractivity contribution in [3.63, 3.8) is 0 Å². The molecule has 0 unspecified atom stereocenters. The number of ether oxygens (including phenoxy) is 1. The predicted octanol–water partition coefficient (Wildman–Crippen LogP) is 3.44. The molecule has 1 atom stereocenters. The highest BCUT2D eigenvalue weighted by atomic mass is 35.5. The topological polar surface area (TPSA) is 92.1 Å². The second-order valence-electron chi connectivity index (χ2n) is 4.72. The highest BCUT2D eigenvalue weighted by Gasteiger charge is 2.20. The number of anilines is 1. The molecule has 1 heterocycles. The summed E-state index contributed by atoms with van der Waals surface area (Å²) in [5.74, 6) is -1.26. The van der Waals surface area contributed by atoms with Gasteiger partial charge in [-0.1, -0.05) is 23.2 Å². The Balaban J connectivity index is 1.98. The fourth-order valence-corrected chi connectivity index (χ4v) is 1.96.